The lowest BCUT2D eigenvalue weighted by atomic mass is 9.87. The van der Waals surface area contributed by atoms with Crippen molar-refractivity contribution in [3.63, 3.8) is 0 Å². The number of ether oxygens (including phenoxy) is 2. The van der Waals surface area contributed by atoms with Crippen molar-refractivity contribution in [2.45, 2.75) is 44.2 Å². The first-order valence-corrected chi connectivity index (χ1v) is 14.3. The largest absolute Gasteiger partial charge is 0.489 e. The van der Waals surface area contributed by atoms with Gasteiger partial charge in [0.1, 0.15) is 12.4 Å². The Balaban J connectivity index is 1.48. The van der Waals surface area contributed by atoms with Crippen LogP contribution in [0, 0.1) is 0 Å². The highest BCUT2D eigenvalue weighted by Crippen LogP contribution is 2.26. The molecule has 4 rings (SSSR count). The van der Waals surface area contributed by atoms with Crippen LogP contribution in [-0.2, 0) is 33.3 Å². The van der Waals surface area contributed by atoms with Gasteiger partial charge in [0.05, 0.1) is 18.1 Å². The second-order valence-electron chi connectivity index (χ2n) is 10.5. The monoisotopic (exact) mass is 522 g/mol. The van der Waals surface area contributed by atoms with E-state index in [1.807, 2.05) is 66.7 Å². The predicted molar refractivity (Wildman–Crippen MR) is 147 cm³/mol. The average molecular weight is 523 g/mol. The second kappa shape index (κ2) is 12.2. The van der Waals surface area contributed by atoms with Gasteiger partial charge in [-0.3, -0.25) is 4.90 Å². The Bertz CT molecular complexity index is 1220. The molecule has 0 spiro atoms. The van der Waals surface area contributed by atoms with Crippen LogP contribution < -0.4 is 4.74 Å². The van der Waals surface area contributed by atoms with E-state index in [9.17, 15) is 8.42 Å². The summed E-state index contributed by atoms with van der Waals surface area (Å²) in [6.07, 6.45) is 0. The van der Waals surface area contributed by atoms with Gasteiger partial charge >= 0.3 is 0 Å². The van der Waals surface area contributed by atoms with Crippen LogP contribution in [0.25, 0.3) is 0 Å². The molecule has 6 nitrogen and oxygen atoms in total. The third kappa shape index (κ3) is 7.65. The smallest absolute Gasteiger partial charge is 0.243 e. The summed E-state index contributed by atoms with van der Waals surface area (Å²) in [4.78, 5) is 2.58. The van der Waals surface area contributed by atoms with Crippen LogP contribution in [0.5, 0.6) is 5.75 Å². The van der Waals surface area contributed by atoms with Crippen molar-refractivity contribution >= 4 is 10.0 Å². The number of benzene rings is 3. The van der Waals surface area contributed by atoms with E-state index in [-0.39, 0.29) is 5.41 Å². The summed E-state index contributed by atoms with van der Waals surface area (Å²) in [5.41, 5.74) is 3.09. The van der Waals surface area contributed by atoms with Crippen LogP contribution in [0.1, 0.15) is 37.5 Å². The second-order valence-corrected chi connectivity index (χ2v) is 12.4. The molecule has 7 heteroatoms. The minimum absolute atomic E-state index is 0.0390. The summed E-state index contributed by atoms with van der Waals surface area (Å²) >= 11 is 0. The number of hydrogen-bond donors (Lipinski definition) is 0. The van der Waals surface area contributed by atoms with Crippen LogP contribution in [0.3, 0.4) is 0 Å². The lowest BCUT2D eigenvalue weighted by Crippen LogP contribution is -2.42. The van der Waals surface area contributed by atoms with Crippen molar-refractivity contribution in [2.24, 2.45) is 0 Å². The first kappa shape index (κ1) is 27.3. The fraction of sp³-hybridized carbons (Fsp3) is 0.400. The first-order chi connectivity index (χ1) is 17.7. The Morgan fingerprint density at radius 2 is 1.51 bits per heavy atom. The van der Waals surface area contributed by atoms with Gasteiger partial charge in [0.25, 0.3) is 0 Å². The zero-order valence-corrected chi connectivity index (χ0v) is 22.9. The van der Waals surface area contributed by atoms with Gasteiger partial charge in [-0.05, 0) is 46.4 Å². The molecule has 1 fully saturated rings. The highest BCUT2D eigenvalue weighted by atomic mass is 32.2. The molecule has 1 aliphatic heterocycles. The van der Waals surface area contributed by atoms with Crippen molar-refractivity contribution in [1.29, 1.82) is 0 Å². The van der Waals surface area contributed by atoms with Gasteiger partial charge in [-0.15, -0.1) is 0 Å². The molecule has 0 radical (unpaired) electrons. The van der Waals surface area contributed by atoms with Crippen LogP contribution in [0.15, 0.2) is 83.8 Å². The lowest BCUT2D eigenvalue weighted by molar-refractivity contribution is 0.0361. The Morgan fingerprint density at radius 3 is 2.14 bits per heavy atom. The van der Waals surface area contributed by atoms with E-state index in [1.54, 1.807) is 16.4 Å². The molecular formula is C30H38N2O4S. The number of morpholine rings is 1. The third-order valence-electron chi connectivity index (χ3n) is 6.66. The van der Waals surface area contributed by atoms with E-state index in [0.717, 1.165) is 35.5 Å². The van der Waals surface area contributed by atoms with Gasteiger partial charge in [0.15, 0.2) is 0 Å². The fourth-order valence-corrected chi connectivity index (χ4v) is 5.69. The van der Waals surface area contributed by atoms with Gasteiger partial charge in [-0.25, -0.2) is 8.42 Å². The van der Waals surface area contributed by atoms with Crippen molar-refractivity contribution in [2.75, 3.05) is 39.4 Å². The van der Waals surface area contributed by atoms with Crippen molar-refractivity contribution in [3.8, 4) is 5.75 Å². The third-order valence-corrected chi connectivity index (χ3v) is 8.52. The van der Waals surface area contributed by atoms with E-state index >= 15 is 0 Å². The SMILES string of the molecule is CC(C)(C)c1ccc(S(=O)(=O)N(CCN2CCOCC2)Cc2ccc(OCc3ccccc3)cc2)cc1. The van der Waals surface area contributed by atoms with Crippen molar-refractivity contribution in [3.05, 3.63) is 95.6 Å². The van der Waals surface area contributed by atoms with Gasteiger partial charge in [0, 0.05) is 32.7 Å². The fourth-order valence-electron chi connectivity index (χ4n) is 4.27. The number of hydrogen-bond acceptors (Lipinski definition) is 5. The summed E-state index contributed by atoms with van der Waals surface area (Å²) < 4.78 is 40.5. The standard InChI is InChI=1S/C30H38N2O4S/c1-30(2,3)27-11-15-29(16-12-27)37(33,34)32(18-17-31-19-21-35-22-20-31)23-25-9-13-28(14-10-25)36-24-26-7-5-4-6-8-26/h4-16H,17-24H2,1-3H3. The lowest BCUT2D eigenvalue weighted by Gasteiger charge is -2.30. The molecule has 0 unspecified atom stereocenters. The Kier molecular flexibility index (Phi) is 9.03. The van der Waals surface area contributed by atoms with Crippen molar-refractivity contribution < 1.29 is 17.9 Å². The first-order valence-electron chi connectivity index (χ1n) is 12.9. The molecule has 0 bridgehead atoms. The molecule has 37 heavy (non-hydrogen) atoms. The molecule has 1 saturated heterocycles. The van der Waals surface area contributed by atoms with Crippen LogP contribution in [-0.4, -0.2) is 57.0 Å². The zero-order chi connectivity index (χ0) is 26.3. The molecule has 0 atom stereocenters. The Labute approximate surface area is 221 Å². The summed E-state index contributed by atoms with van der Waals surface area (Å²) in [5, 5.41) is 0. The molecule has 198 valence electrons. The van der Waals surface area contributed by atoms with E-state index < -0.39 is 10.0 Å². The number of sulfonamides is 1. The highest BCUT2D eigenvalue weighted by Gasteiger charge is 2.26. The maximum Gasteiger partial charge on any atom is 0.243 e. The van der Waals surface area contributed by atoms with Gasteiger partial charge in [-0.2, -0.15) is 4.31 Å². The summed E-state index contributed by atoms with van der Waals surface area (Å²) in [6, 6.07) is 25.0. The molecule has 1 aliphatic rings. The number of nitrogens with zero attached hydrogens (tertiary/aromatic N) is 2. The molecule has 0 N–H and O–H groups in total. The average Bonchev–Trinajstić information content (AvgIpc) is 2.91. The zero-order valence-electron chi connectivity index (χ0n) is 22.1. The summed E-state index contributed by atoms with van der Waals surface area (Å²) in [5.74, 6) is 0.757. The summed E-state index contributed by atoms with van der Waals surface area (Å²) in [7, 11) is -3.67. The Morgan fingerprint density at radius 1 is 0.865 bits per heavy atom. The van der Waals surface area contributed by atoms with E-state index in [0.29, 0.717) is 44.4 Å². The van der Waals surface area contributed by atoms with Crippen molar-refractivity contribution in [1.82, 2.24) is 9.21 Å². The molecule has 0 amide bonds. The Hall–Kier alpha value is -2.71. The number of rotatable bonds is 10. The molecule has 0 aliphatic carbocycles. The molecule has 0 saturated carbocycles. The predicted octanol–water partition coefficient (Wildman–Crippen LogP) is 5.09. The normalized spacial score (nSPS) is 15.1. The topological polar surface area (TPSA) is 59.1 Å². The van der Waals surface area contributed by atoms with E-state index in [4.69, 9.17) is 9.47 Å². The van der Waals surface area contributed by atoms with Crippen LogP contribution in [0.4, 0.5) is 0 Å². The minimum atomic E-state index is -3.67. The van der Waals surface area contributed by atoms with E-state index in [2.05, 4.69) is 25.7 Å². The highest BCUT2D eigenvalue weighted by molar-refractivity contribution is 7.89. The molecule has 3 aromatic carbocycles. The van der Waals surface area contributed by atoms with Crippen LogP contribution >= 0.6 is 0 Å². The van der Waals surface area contributed by atoms with Crippen LogP contribution in [0.2, 0.25) is 0 Å². The minimum Gasteiger partial charge on any atom is -0.489 e. The van der Waals surface area contributed by atoms with Gasteiger partial charge in [0.2, 0.25) is 10.0 Å². The van der Waals surface area contributed by atoms with Gasteiger partial charge in [-0.1, -0.05) is 75.4 Å². The maximum atomic E-state index is 13.8. The molecule has 0 aromatic heterocycles. The maximum absolute atomic E-state index is 13.8. The summed E-state index contributed by atoms with van der Waals surface area (Å²) in [6.45, 7) is 11.3. The quantitative estimate of drug-likeness (QED) is 0.371. The van der Waals surface area contributed by atoms with Gasteiger partial charge < -0.3 is 9.47 Å². The van der Waals surface area contributed by atoms with E-state index in [1.165, 1.54) is 0 Å². The molecule has 1 heterocycles. The molecular weight excluding hydrogens is 484 g/mol. The molecule has 3 aromatic rings.